The average Bonchev–Trinajstić information content (AvgIpc) is 2.50. The van der Waals surface area contributed by atoms with E-state index in [1.54, 1.807) is 4.90 Å². The van der Waals surface area contributed by atoms with E-state index >= 15 is 0 Å². The van der Waals surface area contributed by atoms with Crippen molar-refractivity contribution in [2.45, 2.75) is 33.1 Å². The maximum absolute atomic E-state index is 12.2. The Balaban J connectivity index is 1.90. The Labute approximate surface area is 133 Å². The topological polar surface area (TPSA) is 38.8 Å². The van der Waals surface area contributed by atoms with Crippen LogP contribution >= 0.6 is 0 Å². The summed E-state index contributed by atoms with van der Waals surface area (Å²) in [6.45, 7) is 8.71. The van der Waals surface area contributed by atoms with Gasteiger partial charge in [0.2, 0.25) is 0 Å². The van der Waals surface area contributed by atoms with Crippen LogP contribution in [-0.2, 0) is 9.53 Å². The van der Waals surface area contributed by atoms with Gasteiger partial charge in [0.1, 0.15) is 5.75 Å². The molecule has 0 bridgehead atoms. The number of benzene rings is 1. The second-order valence-corrected chi connectivity index (χ2v) is 6.69. The number of carbonyl (C=O) groups is 1. The van der Waals surface area contributed by atoms with Gasteiger partial charge in [0.25, 0.3) is 5.91 Å². The van der Waals surface area contributed by atoms with Gasteiger partial charge < -0.3 is 14.4 Å². The molecule has 1 amide bonds. The highest BCUT2D eigenvalue weighted by atomic mass is 16.5. The molecule has 0 unspecified atom stereocenters. The van der Waals surface area contributed by atoms with Crippen molar-refractivity contribution in [2.75, 3.05) is 33.4 Å². The number of likely N-dealkylation sites (N-methyl/N-ethyl adjacent to an activating group) is 1. The second kappa shape index (κ2) is 7.14. The lowest BCUT2D eigenvalue weighted by Crippen LogP contribution is -2.49. The van der Waals surface area contributed by atoms with Crippen molar-refractivity contribution in [3.8, 4) is 5.75 Å². The molecule has 22 heavy (non-hydrogen) atoms. The largest absolute Gasteiger partial charge is 0.483 e. The molecule has 0 aromatic heterocycles. The fourth-order valence-electron chi connectivity index (χ4n) is 2.69. The molecule has 4 heteroatoms. The summed E-state index contributed by atoms with van der Waals surface area (Å²) >= 11 is 0. The SMILES string of the molecule is CC[C@@H](C)c1ccccc1OCC(=O)N(C)CC1(C)COC1. The van der Waals surface area contributed by atoms with Crippen LogP contribution in [0.25, 0.3) is 0 Å². The van der Waals surface area contributed by atoms with Crippen LogP contribution in [0.5, 0.6) is 5.75 Å². The Hall–Kier alpha value is -1.55. The number of nitrogens with zero attached hydrogens (tertiary/aromatic N) is 1. The van der Waals surface area contributed by atoms with Gasteiger partial charge in [-0.2, -0.15) is 0 Å². The van der Waals surface area contributed by atoms with Crippen molar-refractivity contribution in [3.05, 3.63) is 29.8 Å². The summed E-state index contributed by atoms with van der Waals surface area (Å²) in [5.74, 6) is 1.25. The maximum atomic E-state index is 12.2. The molecule has 2 rings (SSSR count). The van der Waals surface area contributed by atoms with Gasteiger partial charge in [-0.25, -0.2) is 0 Å². The number of carbonyl (C=O) groups excluding carboxylic acids is 1. The van der Waals surface area contributed by atoms with Crippen LogP contribution in [0.2, 0.25) is 0 Å². The van der Waals surface area contributed by atoms with Crippen molar-refractivity contribution in [2.24, 2.45) is 5.41 Å². The van der Waals surface area contributed by atoms with Gasteiger partial charge in [0.05, 0.1) is 13.2 Å². The minimum absolute atomic E-state index is 0.00656. The van der Waals surface area contributed by atoms with Crippen molar-refractivity contribution in [1.29, 1.82) is 0 Å². The number of rotatable bonds is 7. The van der Waals surface area contributed by atoms with Gasteiger partial charge >= 0.3 is 0 Å². The number of amides is 1. The predicted octanol–water partition coefficient (Wildman–Crippen LogP) is 3.07. The highest BCUT2D eigenvalue weighted by molar-refractivity contribution is 5.77. The normalized spacial score (nSPS) is 17.5. The van der Waals surface area contributed by atoms with Gasteiger partial charge in [0.15, 0.2) is 6.61 Å². The first-order valence-corrected chi connectivity index (χ1v) is 7.98. The molecule has 1 atom stereocenters. The van der Waals surface area contributed by atoms with E-state index in [1.165, 1.54) is 5.56 Å². The van der Waals surface area contributed by atoms with Gasteiger partial charge in [-0.15, -0.1) is 0 Å². The molecule has 1 fully saturated rings. The quantitative estimate of drug-likeness (QED) is 0.777. The number of para-hydroxylation sites is 1. The van der Waals surface area contributed by atoms with E-state index in [4.69, 9.17) is 9.47 Å². The Morgan fingerprint density at radius 1 is 1.41 bits per heavy atom. The number of ether oxygens (including phenoxy) is 2. The summed E-state index contributed by atoms with van der Waals surface area (Å²) in [4.78, 5) is 14.0. The van der Waals surface area contributed by atoms with Gasteiger partial charge in [-0.05, 0) is 24.0 Å². The third-order valence-corrected chi connectivity index (χ3v) is 4.36. The molecular weight excluding hydrogens is 278 g/mol. The lowest BCUT2D eigenvalue weighted by atomic mass is 9.88. The molecule has 0 N–H and O–H groups in total. The summed E-state index contributed by atoms with van der Waals surface area (Å²) in [7, 11) is 1.83. The third kappa shape index (κ3) is 4.01. The van der Waals surface area contributed by atoms with Gasteiger partial charge in [-0.1, -0.05) is 39.0 Å². The average molecular weight is 305 g/mol. The molecule has 1 aromatic rings. The van der Waals surface area contributed by atoms with E-state index in [2.05, 4.69) is 26.8 Å². The van der Waals surface area contributed by atoms with E-state index in [9.17, 15) is 4.79 Å². The number of hydrogen-bond acceptors (Lipinski definition) is 3. The standard InChI is InChI=1S/C18H27NO3/c1-5-14(2)15-8-6-7-9-16(15)22-10-17(20)19(4)11-18(3)12-21-13-18/h6-9,14H,5,10-13H2,1-4H3/t14-/m1/s1. The predicted molar refractivity (Wildman–Crippen MR) is 87.2 cm³/mol. The second-order valence-electron chi connectivity index (χ2n) is 6.69. The van der Waals surface area contributed by atoms with E-state index in [0.29, 0.717) is 12.5 Å². The fraction of sp³-hybridized carbons (Fsp3) is 0.611. The Bertz CT molecular complexity index is 511. The number of hydrogen-bond donors (Lipinski definition) is 0. The molecule has 1 aliphatic heterocycles. The Kier molecular flexibility index (Phi) is 5.46. The molecule has 4 nitrogen and oxygen atoms in total. The van der Waals surface area contributed by atoms with Gasteiger partial charge in [-0.3, -0.25) is 4.79 Å². The monoisotopic (exact) mass is 305 g/mol. The van der Waals surface area contributed by atoms with Gasteiger partial charge in [0, 0.05) is 19.0 Å². The highest BCUT2D eigenvalue weighted by Crippen LogP contribution is 2.29. The molecule has 1 aliphatic rings. The summed E-state index contributed by atoms with van der Waals surface area (Å²) in [5.41, 5.74) is 1.26. The van der Waals surface area contributed by atoms with E-state index in [-0.39, 0.29) is 17.9 Å². The first kappa shape index (κ1) is 16.8. The molecule has 1 saturated heterocycles. The smallest absolute Gasteiger partial charge is 0.260 e. The molecule has 0 radical (unpaired) electrons. The summed E-state index contributed by atoms with van der Waals surface area (Å²) < 4.78 is 11.0. The molecule has 0 saturated carbocycles. The third-order valence-electron chi connectivity index (χ3n) is 4.36. The van der Waals surface area contributed by atoms with Crippen LogP contribution in [0, 0.1) is 5.41 Å². The van der Waals surface area contributed by atoms with Crippen molar-refractivity contribution in [1.82, 2.24) is 4.90 Å². The summed E-state index contributed by atoms with van der Waals surface area (Å²) in [5, 5.41) is 0. The molecule has 1 aromatic carbocycles. The first-order chi connectivity index (χ1) is 10.4. The summed E-state index contributed by atoms with van der Waals surface area (Å²) in [6, 6.07) is 7.97. The zero-order valence-electron chi connectivity index (χ0n) is 14.1. The Morgan fingerprint density at radius 3 is 2.68 bits per heavy atom. The van der Waals surface area contributed by atoms with Crippen molar-refractivity contribution < 1.29 is 14.3 Å². The van der Waals surface area contributed by atoms with E-state index < -0.39 is 0 Å². The minimum Gasteiger partial charge on any atom is -0.483 e. The maximum Gasteiger partial charge on any atom is 0.260 e. The summed E-state index contributed by atoms with van der Waals surface area (Å²) in [6.07, 6.45) is 1.05. The zero-order chi connectivity index (χ0) is 16.2. The van der Waals surface area contributed by atoms with Crippen molar-refractivity contribution in [3.63, 3.8) is 0 Å². The van der Waals surface area contributed by atoms with E-state index in [1.807, 2.05) is 25.2 Å². The van der Waals surface area contributed by atoms with Crippen LogP contribution in [-0.4, -0.2) is 44.2 Å². The molecule has 0 aliphatic carbocycles. The lowest BCUT2D eigenvalue weighted by Gasteiger charge is -2.40. The van der Waals surface area contributed by atoms with Crippen LogP contribution in [0.4, 0.5) is 0 Å². The van der Waals surface area contributed by atoms with Crippen LogP contribution in [0.15, 0.2) is 24.3 Å². The lowest BCUT2D eigenvalue weighted by molar-refractivity contribution is -0.143. The molecule has 122 valence electrons. The van der Waals surface area contributed by atoms with Crippen LogP contribution < -0.4 is 4.74 Å². The Morgan fingerprint density at radius 2 is 2.09 bits per heavy atom. The molecule has 1 heterocycles. The first-order valence-electron chi connectivity index (χ1n) is 7.98. The molecule has 0 spiro atoms. The van der Waals surface area contributed by atoms with E-state index in [0.717, 1.165) is 25.4 Å². The molecular formula is C18H27NO3. The van der Waals surface area contributed by atoms with Crippen molar-refractivity contribution >= 4 is 5.91 Å². The highest BCUT2D eigenvalue weighted by Gasteiger charge is 2.35. The zero-order valence-corrected chi connectivity index (χ0v) is 14.1. The van der Waals surface area contributed by atoms with Crippen LogP contribution in [0.1, 0.15) is 38.7 Å². The van der Waals surface area contributed by atoms with Crippen LogP contribution in [0.3, 0.4) is 0 Å². The minimum atomic E-state index is 0.00656. The fourth-order valence-corrected chi connectivity index (χ4v) is 2.69.